The fourth-order valence-electron chi connectivity index (χ4n) is 3.19. The van der Waals surface area contributed by atoms with Crippen molar-refractivity contribution in [3.8, 4) is 11.5 Å². The standard InChI is InChI=1S/C26H37NO2.ClH/c1-4-6-18-27(19-7-5-2)20-9-21-29-25-16-14-23(15-17-25)12-13-24-10-8-11-26(22-24)28-3;/h8,10-17,22H,4-7,9,18-21H2,1-3H3;1H. The molecule has 0 N–H and O–H groups in total. The molecule has 0 fully saturated rings. The number of nitrogens with zero attached hydrogens (tertiary/aromatic N) is 1. The second kappa shape index (κ2) is 15.8. The molecule has 4 heteroatoms. The summed E-state index contributed by atoms with van der Waals surface area (Å²) < 4.78 is 11.2. The van der Waals surface area contributed by atoms with Gasteiger partial charge in [0.15, 0.2) is 0 Å². The molecule has 0 saturated carbocycles. The summed E-state index contributed by atoms with van der Waals surface area (Å²) in [6.07, 6.45) is 10.4. The highest BCUT2D eigenvalue weighted by atomic mass is 35.5. The molecule has 0 aliphatic heterocycles. The van der Waals surface area contributed by atoms with Crippen LogP contribution in [0.5, 0.6) is 11.5 Å². The normalized spacial score (nSPS) is 10.9. The molecule has 0 aromatic heterocycles. The summed E-state index contributed by atoms with van der Waals surface area (Å²) in [5, 5.41) is 0. The van der Waals surface area contributed by atoms with Crippen LogP contribution in [0.1, 0.15) is 57.1 Å². The Balaban J connectivity index is 0.00000450. The van der Waals surface area contributed by atoms with Gasteiger partial charge in [-0.1, -0.05) is 63.1 Å². The van der Waals surface area contributed by atoms with E-state index in [0.29, 0.717) is 0 Å². The van der Waals surface area contributed by atoms with Crippen LogP contribution in [0.2, 0.25) is 0 Å². The van der Waals surface area contributed by atoms with Gasteiger partial charge >= 0.3 is 0 Å². The van der Waals surface area contributed by atoms with Gasteiger partial charge in [-0.3, -0.25) is 0 Å². The van der Waals surface area contributed by atoms with E-state index in [2.05, 4.69) is 61.2 Å². The SMILES string of the molecule is CCCCN(CCCC)CCCOc1ccc(C=Cc2cccc(OC)c2)cc1.Cl. The molecule has 30 heavy (non-hydrogen) atoms. The van der Waals surface area contributed by atoms with Crippen molar-refractivity contribution in [3.05, 3.63) is 59.7 Å². The van der Waals surface area contributed by atoms with Crippen molar-refractivity contribution in [3.63, 3.8) is 0 Å². The van der Waals surface area contributed by atoms with Crippen molar-refractivity contribution >= 4 is 24.6 Å². The van der Waals surface area contributed by atoms with E-state index in [0.717, 1.165) is 42.2 Å². The van der Waals surface area contributed by atoms with Crippen LogP contribution in [0.25, 0.3) is 12.2 Å². The van der Waals surface area contributed by atoms with Gasteiger partial charge in [-0.2, -0.15) is 0 Å². The van der Waals surface area contributed by atoms with Crippen molar-refractivity contribution in [2.45, 2.75) is 46.0 Å². The van der Waals surface area contributed by atoms with Crippen molar-refractivity contribution in [1.82, 2.24) is 4.90 Å². The maximum Gasteiger partial charge on any atom is 0.119 e. The lowest BCUT2D eigenvalue weighted by molar-refractivity contribution is 0.229. The second-order valence-corrected chi connectivity index (χ2v) is 7.43. The first kappa shape index (κ1) is 26.1. The minimum Gasteiger partial charge on any atom is -0.497 e. The number of methoxy groups -OCH3 is 1. The van der Waals surface area contributed by atoms with Gasteiger partial charge in [-0.15, -0.1) is 12.4 Å². The zero-order chi connectivity index (χ0) is 20.7. The van der Waals surface area contributed by atoms with Crippen LogP contribution >= 0.6 is 12.4 Å². The van der Waals surface area contributed by atoms with E-state index in [1.807, 2.05) is 18.2 Å². The van der Waals surface area contributed by atoms with Crippen LogP contribution < -0.4 is 9.47 Å². The van der Waals surface area contributed by atoms with Gasteiger partial charge in [-0.25, -0.2) is 0 Å². The molecule has 0 spiro atoms. The van der Waals surface area contributed by atoms with Gasteiger partial charge < -0.3 is 14.4 Å². The smallest absolute Gasteiger partial charge is 0.119 e. The summed E-state index contributed by atoms with van der Waals surface area (Å²) in [6.45, 7) is 8.85. The van der Waals surface area contributed by atoms with E-state index in [4.69, 9.17) is 9.47 Å². The third-order valence-corrected chi connectivity index (χ3v) is 4.99. The van der Waals surface area contributed by atoms with E-state index in [9.17, 15) is 0 Å². The molecule has 0 atom stereocenters. The van der Waals surface area contributed by atoms with Crippen molar-refractivity contribution in [2.75, 3.05) is 33.4 Å². The number of rotatable bonds is 14. The molecule has 2 aromatic rings. The van der Waals surface area contributed by atoms with E-state index in [1.54, 1.807) is 7.11 Å². The maximum atomic E-state index is 5.95. The Kier molecular flexibility index (Phi) is 13.7. The monoisotopic (exact) mass is 431 g/mol. The van der Waals surface area contributed by atoms with Crippen LogP contribution in [0.15, 0.2) is 48.5 Å². The summed E-state index contributed by atoms with van der Waals surface area (Å²) in [6, 6.07) is 16.4. The van der Waals surface area contributed by atoms with Crippen LogP contribution in [-0.4, -0.2) is 38.3 Å². The Hall–Kier alpha value is -1.97. The summed E-state index contributed by atoms with van der Waals surface area (Å²) >= 11 is 0. The molecule has 0 amide bonds. The van der Waals surface area contributed by atoms with Gasteiger partial charge in [0.05, 0.1) is 13.7 Å². The predicted molar refractivity (Wildman–Crippen MR) is 132 cm³/mol. The van der Waals surface area contributed by atoms with E-state index in [1.165, 1.54) is 38.8 Å². The fraction of sp³-hybridized carbons (Fsp3) is 0.462. The molecule has 0 radical (unpaired) electrons. The summed E-state index contributed by atoms with van der Waals surface area (Å²) in [7, 11) is 1.69. The van der Waals surface area contributed by atoms with Gasteiger partial charge in [0.1, 0.15) is 11.5 Å². The number of benzene rings is 2. The number of hydrogen-bond acceptors (Lipinski definition) is 3. The molecule has 0 unspecified atom stereocenters. The third kappa shape index (κ3) is 10.2. The molecule has 2 aromatic carbocycles. The molecule has 3 nitrogen and oxygen atoms in total. The first-order valence-corrected chi connectivity index (χ1v) is 11.0. The van der Waals surface area contributed by atoms with E-state index < -0.39 is 0 Å². The fourth-order valence-corrected chi connectivity index (χ4v) is 3.19. The molecular weight excluding hydrogens is 394 g/mol. The molecule has 0 saturated heterocycles. The highest BCUT2D eigenvalue weighted by Crippen LogP contribution is 2.17. The second-order valence-electron chi connectivity index (χ2n) is 7.43. The highest BCUT2D eigenvalue weighted by molar-refractivity contribution is 5.85. The lowest BCUT2D eigenvalue weighted by atomic mass is 10.1. The largest absolute Gasteiger partial charge is 0.497 e. The zero-order valence-electron chi connectivity index (χ0n) is 18.8. The van der Waals surface area contributed by atoms with Crippen LogP contribution in [0.4, 0.5) is 0 Å². The Morgan fingerprint density at radius 3 is 2.03 bits per heavy atom. The van der Waals surface area contributed by atoms with Gasteiger partial charge in [0.2, 0.25) is 0 Å². The molecule has 0 aliphatic rings. The van der Waals surface area contributed by atoms with Crippen LogP contribution in [-0.2, 0) is 0 Å². The van der Waals surface area contributed by atoms with Crippen molar-refractivity contribution in [1.29, 1.82) is 0 Å². The lowest BCUT2D eigenvalue weighted by Crippen LogP contribution is -2.28. The summed E-state index contributed by atoms with van der Waals surface area (Å²) in [4.78, 5) is 2.59. The topological polar surface area (TPSA) is 21.7 Å². The minimum absolute atomic E-state index is 0. The van der Waals surface area contributed by atoms with Crippen molar-refractivity contribution in [2.24, 2.45) is 0 Å². The molecule has 0 bridgehead atoms. The van der Waals surface area contributed by atoms with Crippen LogP contribution in [0, 0.1) is 0 Å². The number of ether oxygens (including phenoxy) is 2. The van der Waals surface area contributed by atoms with Gasteiger partial charge in [-0.05, 0) is 67.7 Å². The van der Waals surface area contributed by atoms with Crippen LogP contribution in [0.3, 0.4) is 0 Å². The zero-order valence-corrected chi connectivity index (χ0v) is 19.6. The lowest BCUT2D eigenvalue weighted by Gasteiger charge is -2.21. The minimum atomic E-state index is 0. The summed E-state index contributed by atoms with van der Waals surface area (Å²) in [5.41, 5.74) is 2.28. The number of halogens is 1. The average molecular weight is 432 g/mol. The first-order valence-electron chi connectivity index (χ1n) is 11.0. The first-order chi connectivity index (χ1) is 14.2. The third-order valence-electron chi connectivity index (χ3n) is 4.99. The summed E-state index contributed by atoms with van der Waals surface area (Å²) in [5.74, 6) is 1.82. The number of unbranched alkanes of at least 4 members (excludes halogenated alkanes) is 2. The van der Waals surface area contributed by atoms with Gasteiger partial charge in [0, 0.05) is 6.54 Å². The molecular formula is C26H38ClNO2. The Morgan fingerprint density at radius 1 is 0.767 bits per heavy atom. The molecule has 0 aliphatic carbocycles. The van der Waals surface area contributed by atoms with E-state index in [-0.39, 0.29) is 12.4 Å². The molecule has 2 rings (SSSR count). The molecule has 166 valence electrons. The average Bonchev–Trinajstić information content (AvgIpc) is 2.77. The number of hydrogen-bond donors (Lipinski definition) is 0. The quantitative estimate of drug-likeness (QED) is 0.238. The predicted octanol–water partition coefficient (Wildman–Crippen LogP) is 6.96. The van der Waals surface area contributed by atoms with E-state index >= 15 is 0 Å². The Bertz CT molecular complexity index is 707. The molecule has 0 heterocycles. The Morgan fingerprint density at radius 2 is 1.40 bits per heavy atom. The van der Waals surface area contributed by atoms with Gasteiger partial charge in [0.25, 0.3) is 0 Å². The highest BCUT2D eigenvalue weighted by Gasteiger charge is 2.04. The maximum absolute atomic E-state index is 5.95. The van der Waals surface area contributed by atoms with Crippen molar-refractivity contribution < 1.29 is 9.47 Å². The Labute approximate surface area is 189 Å².